The van der Waals surface area contributed by atoms with Gasteiger partial charge in [0.2, 0.25) is 0 Å². The summed E-state index contributed by atoms with van der Waals surface area (Å²) in [5.74, 6) is 0.219. The lowest BCUT2D eigenvalue weighted by atomic mass is 9.82. The molecule has 1 atom stereocenters. The second-order valence-electron chi connectivity index (χ2n) is 17.4. The number of anilines is 2. The number of furan rings is 1. The van der Waals surface area contributed by atoms with Crippen molar-refractivity contribution in [1.82, 2.24) is 20.3 Å². The number of aromatic nitrogens is 3. The second kappa shape index (κ2) is 15.6. The summed E-state index contributed by atoms with van der Waals surface area (Å²) in [6.07, 6.45) is 5.06. The molecular formula is C44H53ClN6O5. The molecule has 2 aromatic carbocycles. The number of piperidine rings is 1. The maximum Gasteiger partial charge on any atom is 0.337 e. The van der Waals surface area contributed by atoms with E-state index in [4.69, 9.17) is 35.5 Å². The van der Waals surface area contributed by atoms with Gasteiger partial charge in [0.05, 0.1) is 22.5 Å². The fraction of sp³-hybridized carbons (Fsp3) is 0.500. The molecule has 8 rings (SSSR count). The topological polar surface area (TPSA) is 126 Å². The molecule has 0 spiro atoms. The van der Waals surface area contributed by atoms with E-state index in [1.807, 2.05) is 45.0 Å². The number of carboxylic acids is 1. The molecule has 11 nitrogen and oxygen atoms in total. The summed E-state index contributed by atoms with van der Waals surface area (Å²) >= 11 is 7.17. The number of rotatable bonds is 10. The number of hydrogen-bond acceptors (Lipinski definition) is 10. The van der Waals surface area contributed by atoms with E-state index < -0.39 is 17.7 Å². The Bertz CT molecular complexity index is 2230. The van der Waals surface area contributed by atoms with Crippen LogP contribution in [0.5, 0.6) is 0 Å². The van der Waals surface area contributed by atoms with Crippen molar-refractivity contribution in [2.45, 2.75) is 91.5 Å². The lowest BCUT2D eigenvalue weighted by Crippen LogP contribution is -2.39. The van der Waals surface area contributed by atoms with Gasteiger partial charge in [-0.1, -0.05) is 55.8 Å². The highest BCUT2D eigenvalue weighted by atomic mass is 35.5. The zero-order chi connectivity index (χ0) is 39.2. The van der Waals surface area contributed by atoms with Crippen LogP contribution in [0, 0.1) is 11.3 Å². The predicted octanol–water partition coefficient (Wildman–Crippen LogP) is 8.74. The maximum absolute atomic E-state index is 13.1. The van der Waals surface area contributed by atoms with Crippen LogP contribution in [0.2, 0.25) is 5.15 Å². The number of carboxylic acid groups (broad SMARTS) is 1. The van der Waals surface area contributed by atoms with Gasteiger partial charge in [-0.25, -0.2) is 19.7 Å². The van der Waals surface area contributed by atoms with Gasteiger partial charge in [-0.3, -0.25) is 0 Å². The first-order chi connectivity index (χ1) is 26.8. The van der Waals surface area contributed by atoms with Crippen LogP contribution in [0.1, 0.15) is 88.8 Å². The lowest BCUT2D eigenvalue weighted by Gasteiger charge is -2.41. The first kappa shape index (κ1) is 38.6. The summed E-state index contributed by atoms with van der Waals surface area (Å²) < 4.78 is 18.2. The van der Waals surface area contributed by atoms with E-state index in [9.17, 15) is 9.90 Å². The Kier molecular flexibility index (Phi) is 10.7. The summed E-state index contributed by atoms with van der Waals surface area (Å²) in [5.41, 5.74) is 8.11. The summed E-state index contributed by atoms with van der Waals surface area (Å²) in [5, 5.41) is 15.6. The molecule has 12 heteroatoms. The number of benzene rings is 2. The first-order valence-electron chi connectivity index (χ1n) is 20.0. The molecule has 2 N–H and O–H groups in total. The number of nitrogens with zero attached hydrogens (tertiary/aromatic N) is 5. The minimum atomic E-state index is -1.31. The van der Waals surface area contributed by atoms with Crippen LogP contribution >= 0.6 is 11.6 Å². The highest BCUT2D eigenvalue weighted by molar-refractivity contribution is 6.31. The van der Waals surface area contributed by atoms with Crippen LogP contribution in [0.15, 0.2) is 53.2 Å². The van der Waals surface area contributed by atoms with Gasteiger partial charge < -0.3 is 34.1 Å². The molecule has 2 fully saturated rings. The van der Waals surface area contributed by atoms with E-state index in [1.54, 1.807) is 6.33 Å². The van der Waals surface area contributed by atoms with Crippen molar-refractivity contribution in [3.8, 4) is 11.1 Å². The highest BCUT2D eigenvalue weighted by Crippen LogP contribution is 2.47. The monoisotopic (exact) mass is 780 g/mol. The van der Waals surface area contributed by atoms with Crippen LogP contribution in [0.4, 0.5) is 11.5 Å². The Morgan fingerprint density at radius 2 is 1.82 bits per heavy atom. The van der Waals surface area contributed by atoms with Crippen LogP contribution < -0.4 is 15.1 Å². The average molecular weight is 781 g/mol. The number of pyridine rings is 1. The van der Waals surface area contributed by atoms with Crippen molar-refractivity contribution in [2.75, 3.05) is 49.2 Å². The standard InChI is InChI=1S/C44H53ClN6O5/c1-43(2,3)56-38(42(52)53)35-37(50-18-15-44(4,5)16-19-50)34(32(49-40(35)45)24-46-23-27-13-20-54-21-14-27)29-10-11-30-25-51(17-12-28(30)22-29)41-39-36(47-26-48-41)31-8-6-7-9-33(31)55-39/h6-11,22,26-27,38,46H,12-21,23-25H2,1-5H3,(H,52,53). The number of halogens is 1. The van der Waals surface area contributed by atoms with E-state index in [0.717, 1.165) is 116 Å². The van der Waals surface area contributed by atoms with Crippen LogP contribution in [0.25, 0.3) is 33.2 Å². The maximum atomic E-state index is 13.1. The Morgan fingerprint density at radius 1 is 1.05 bits per heavy atom. The van der Waals surface area contributed by atoms with Gasteiger partial charge in [0.15, 0.2) is 17.5 Å². The molecule has 3 aliphatic heterocycles. The number of aliphatic carboxylic acids is 1. The van der Waals surface area contributed by atoms with E-state index in [1.165, 1.54) is 11.1 Å². The molecule has 0 aliphatic carbocycles. The number of para-hydroxylation sites is 1. The summed E-state index contributed by atoms with van der Waals surface area (Å²) in [4.78, 5) is 32.1. The number of ether oxygens (including phenoxy) is 2. The van der Waals surface area contributed by atoms with Gasteiger partial charge in [-0.2, -0.15) is 0 Å². The quantitative estimate of drug-likeness (QED) is 0.132. The smallest absolute Gasteiger partial charge is 0.337 e. The third-order valence-electron chi connectivity index (χ3n) is 11.6. The van der Waals surface area contributed by atoms with Crippen molar-refractivity contribution < 1.29 is 23.8 Å². The summed E-state index contributed by atoms with van der Waals surface area (Å²) in [7, 11) is 0. The third kappa shape index (κ3) is 7.96. The largest absolute Gasteiger partial charge is 0.479 e. The zero-order valence-electron chi connectivity index (χ0n) is 33.2. The lowest BCUT2D eigenvalue weighted by molar-refractivity contribution is -0.160. The predicted molar refractivity (Wildman–Crippen MR) is 220 cm³/mol. The normalized spacial score (nSPS) is 18.4. The molecule has 0 radical (unpaired) electrons. The SMILES string of the molecule is CC1(C)CCN(c2c(-c3ccc4c(c3)CCN(c3ncnc5c3oc3ccccc35)C4)c(CNCC3CCOCC3)nc(Cl)c2C(OC(C)(C)C)C(=O)O)CC1. The zero-order valence-corrected chi connectivity index (χ0v) is 33.9. The van der Waals surface area contributed by atoms with E-state index >= 15 is 0 Å². The van der Waals surface area contributed by atoms with Crippen LogP contribution in [0.3, 0.4) is 0 Å². The molecule has 296 valence electrons. The number of fused-ring (bicyclic) bond motifs is 4. The highest BCUT2D eigenvalue weighted by Gasteiger charge is 2.38. The van der Waals surface area contributed by atoms with Gasteiger partial charge in [0, 0.05) is 56.9 Å². The Labute approximate surface area is 333 Å². The van der Waals surface area contributed by atoms with Gasteiger partial charge in [0.25, 0.3) is 0 Å². The molecule has 3 aromatic heterocycles. The number of hydrogen-bond donors (Lipinski definition) is 2. The van der Waals surface area contributed by atoms with Gasteiger partial charge in [-0.15, -0.1) is 0 Å². The summed E-state index contributed by atoms with van der Waals surface area (Å²) in [6.45, 7) is 16.0. The minimum absolute atomic E-state index is 0.170. The van der Waals surface area contributed by atoms with Gasteiger partial charge in [0.1, 0.15) is 22.6 Å². The van der Waals surface area contributed by atoms with Crippen molar-refractivity contribution >= 4 is 51.1 Å². The fourth-order valence-corrected chi connectivity index (χ4v) is 8.78. The summed E-state index contributed by atoms with van der Waals surface area (Å²) in [6, 6.07) is 14.6. The van der Waals surface area contributed by atoms with Crippen molar-refractivity contribution in [2.24, 2.45) is 11.3 Å². The molecule has 6 heterocycles. The molecule has 5 aromatic rings. The van der Waals surface area contributed by atoms with E-state index in [-0.39, 0.29) is 10.6 Å². The average Bonchev–Trinajstić information content (AvgIpc) is 3.56. The first-order valence-corrected chi connectivity index (χ1v) is 20.4. The van der Waals surface area contributed by atoms with E-state index in [0.29, 0.717) is 30.2 Å². The molecule has 1 unspecified atom stereocenters. The molecule has 0 bridgehead atoms. The number of nitrogens with one attached hydrogen (secondary N) is 1. The molecule has 3 aliphatic rings. The molecule has 0 amide bonds. The Hall–Kier alpha value is -4.29. The molecule has 56 heavy (non-hydrogen) atoms. The van der Waals surface area contributed by atoms with E-state index in [2.05, 4.69) is 52.1 Å². The van der Waals surface area contributed by atoms with Crippen molar-refractivity contribution in [3.63, 3.8) is 0 Å². The third-order valence-corrected chi connectivity index (χ3v) is 11.9. The van der Waals surface area contributed by atoms with Crippen molar-refractivity contribution in [1.29, 1.82) is 0 Å². The van der Waals surface area contributed by atoms with Crippen LogP contribution in [-0.4, -0.2) is 71.0 Å². The fourth-order valence-electron chi connectivity index (χ4n) is 8.49. The molecular weight excluding hydrogens is 728 g/mol. The Balaban J connectivity index is 1.22. The van der Waals surface area contributed by atoms with Gasteiger partial charge in [-0.05, 0) is 99.6 Å². The Morgan fingerprint density at radius 3 is 2.57 bits per heavy atom. The molecule has 0 saturated carbocycles. The van der Waals surface area contributed by atoms with Gasteiger partial charge >= 0.3 is 5.97 Å². The van der Waals surface area contributed by atoms with Crippen molar-refractivity contribution in [3.05, 3.63) is 76.3 Å². The second-order valence-corrected chi connectivity index (χ2v) is 17.8. The van der Waals surface area contributed by atoms with Crippen LogP contribution in [-0.2, 0) is 33.8 Å². The minimum Gasteiger partial charge on any atom is -0.479 e. The number of carbonyl (C=O) groups is 1. The molecule has 2 saturated heterocycles.